The average Bonchev–Trinajstić information content (AvgIpc) is 3.38. The zero-order valence-corrected chi connectivity index (χ0v) is 19.8. The number of H-pyrrole nitrogens is 1. The molecule has 3 N–H and O–H groups in total. The number of hydrogen-bond donors (Lipinski definition) is 3. The summed E-state index contributed by atoms with van der Waals surface area (Å²) in [5.41, 5.74) is 3.71. The van der Waals surface area contributed by atoms with Crippen molar-refractivity contribution in [3.63, 3.8) is 0 Å². The van der Waals surface area contributed by atoms with Crippen LogP contribution < -0.4 is 10.0 Å². The molecule has 1 unspecified atom stereocenters. The van der Waals surface area contributed by atoms with E-state index in [1.807, 2.05) is 24.3 Å². The van der Waals surface area contributed by atoms with E-state index in [1.54, 1.807) is 55.5 Å². The molecule has 4 rings (SSSR count). The van der Waals surface area contributed by atoms with Crippen molar-refractivity contribution in [3.8, 4) is 11.1 Å². The number of amides is 1. The van der Waals surface area contributed by atoms with Crippen LogP contribution in [0.15, 0.2) is 83.9 Å². The van der Waals surface area contributed by atoms with Gasteiger partial charge in [-0.15, -0.1) is 0 Å². The number of carbonyl (C=O) groups is 1. The van der Waals surface area contributed by atoms with Gasteiger partial charge in [-0.1, -0.05) is 41.9 Å². The molecule has 0 fully saturated rings. The number of sulfonamides is 1. The Morgan fingerprint density at radius 1 is 1.03 bits per heavy atom. The fraction of sp³-hybridized carbons (Fsp3) is 0.125. The Labute approximate surface area is 202 Å². The number of hydrogen-bond acceptors (Lipinski definition) is 5. The Kier molecular flexibility index (Phi) is 7.06. The number of carbonyl (C=O) groups excluding carboxylic acids is 1. The van der Waals surface area contributed by atoms with Crippen molar-refractivity contribution in [2.45, 2.75) is 24.4 Å². The van der Waals surface area contributed by atoms with Crippen molar-refractivity contribution in [2.75, 3.05) is 0 Å². The number of benzene rings is 3. The number of aromatic nitrogens is 3. The first-order chi connectivity index (χ1) is 16.3. The molecule has 10 heteroatoms. The Hall–Kier alpha value is -3.53. The Morgan fingerprint density at radius 2 is 1.76 bits per heavy atom. The van der Waals surface area contributed by atoms with Crippen LogP contribution in [0.2, 0.25) is 5.02 Å². The lowest BCUT2D eigenvalue weighted by molar-refractivity contribution is 0.0951. The highest BCUT2D eigenvalue weighted by Gasteiger charge is 2.20. The molecule has 0 saturated heterocycles. The zero-order chi connectivity index (χ0) is 24.1. The molecule has 34 heavy (non-hydrogen) atoms. The molecule has 0 aliphatic carbocycles. The van der Waals surface area contributed by atoms with Gasteiger partial charge in [0.2, 0.25) is 10.0 Å². The molecule has 0 aliphatic heterocycles. The van der Waals surface area contributed by atoms with E-state index in [-0.39, 0.29) is 10.8 Å². The lowest BCUT2D eigenvalue weighted by Gasteiger charge is -2.12. The summed E-state index contributed by atoms with van der Waals surface area (Å²) in [6, 6.07) is 20.5. The van der Waals surface area contributed by atoms with Crippen LogP contribution in [-0.2, 0) is 16.6 Å². The first-order valence-electron chi connectivity index (χ1n) is 10.4. The van der Waals surface area contributed by atoms with Crippen molar-refractivity contribution >= 4 is 27.5 Å². The fourth-order valence-electron chi connectivity index (χ4n) is 3.35. The highest BCUT2D eigenvalue weighted by Crippen LogP contribution is 2.23. The van der Waals surface area contributed by atoms with Gasteiger partial charge in [0.1, 0.15) is 5.69 Å². The zero-order valence-electron chi connectivity index (χ0n) is 18.2. The highest BCUT2D eigenvalue weighted by molar-refractivity contribution is 7.89. The molecule has 8 nitrogen and oxygen atoms in total. The molecular formula is C24H22ClN5O3S. The quantitative estimate of drug-likeness (QED) is 0.340. The second kappa shape index (κ2) is 10.2. The van der Waals surface area contributed by atoms with Crippen LogP contribution in [0.4, 0.5) is 0 Å². The van der Waals surface area contributed by atoms with Gasteiger partial charge in [0.25, 0.3) is 5.91 Å². The minimum Gasteiger partial charge on any atom is -0.348 e. The summed E-state index contributed by atoms with van der Waals surface area (Å²) < 4.78 is 28.0. The van der Waals surface area contributed by atoms with Crippen LogP contribution in [0.1, 0.15) is 34.6 Å². The summed E-state index contributed by atoms with van der Waals surface area (Å²) in [6.45, 7) is 2.05. The standard InChI is InChI=1S/C24H22ClN5O3S/c1-16(23-15-27-30-28-23)29-34(32,33)22-11-7-18(8-12-22)20-4-2-3-17(13-20)14-26-24(31)19-5-9-21(25)10-6-19/h2-13,15-16,29H,14H2,1H3,(H,26,31)(H,27,28,30). The summed E-state index contributed by atoms with van der Waals surface area (Å²) >= 11 is 5.87. The van der Waals surface area contributed by atoms with Crippen LogP contribution in [0.3, 0.4) is 0 Å². The van der Waals surface area contributed by atoms with Crippen LogP contribution in [-0.4, -0.2) is 29.7 Å². The number of nitrogens with one attached hydrogen (secondary N) is 3. The predicted octanol–water partition coefficient (Wildman–Crippen LogP) is 4.09. The normalized spacial score (nSPS) is 12.3. The van der Waals surface area contributed by atoms with Gasteiger partial charge in [-0.3, -0.25) is 4.79 Å². The second-order valence-electron chi connectivity index (χ2n) is 7.65. The van der Waals surface area contributed by atoms with Crippen LogP contribution in [0.25, 0.3) is 11.1 Å². The molecule has 0 saturated carbocycles. The molecule has 0 bridgehead atoms. The summed E-state index contributed by atoms with van der Waals surface area (Å²) in [6.07, 6.45) is 1.47. The summed E-state index contributed by atoms with van der Waals surface area (Å²) in [5.74, 6) is -0.191. The SMILES string of the molecule is CC(NS(=O)(=O)c1ccc(-c2cccc(CNC(=O)c3ccc(Cl)cc3)c2)cc1)c1cn[nH]n1. The van der Waals surface area contributed by atoms with E-state index in [4.69, 9.17) is 11.6 Å². The van der Waals surface area contributed by atoms with Crippen molar-refractivity contribution in [1.82, 2.24) is 25.4 Å². The van der Waals surface area contributed by atoms with Gasteiger partial charge in [-0.05, 0) is 66.1 Å². The van der Waals surface area contributed by atoms with Crippen LogP contribution >= 0.6 is 11.6 Å². The van der Waals surface area contributed by atoms with Crippen molar-refractivity contribution in [1.29, 1.82) is 0 Å². The molecule has 3 aromatic carbocycles. The van der Waals surface area contributed by atoms with E-state index in [0.717, 1.165) is 16.7 Å². The number of rotatable bonds is 8. The minimum atomic E-state index is -3.73. The summed E-state index contributed by atoms with van der Waals surface area (Å²) in [7, 11) is -3.73. The molecular weight excluding hydrogens is 474 g/mol. The Balaban J connectivity index is 1.43. The molecule has 4 aromatic rings. The van der Waals surface area contributed by atoms with Gasteiger partial charge in [0.05, 0.1) is 17.1 Å². The molecule has 174 valence electrons. The first kappa shape index (κ1) is 23.6. The number of nitrogens with zero attached hydrogens (tertiary/aromatic N) is 2. The largest absolute Gasteiger partial charge is 0.348 e. The van der Waals surface area contributed by atoms with E-state index in [9.17, 15) is 13.2 Å². The van der Waals surface area contributed by atoms with Crippen molar-refractivity contribution < 1.29 is 13.2 Å². The first-order valence-corrected chi connectivity index (χ1v) is 12.3. The molecule has 1 amide bonds. The van der Waals surface area contributed by atoms with Gasteiger partial charge < -0.3 is 5.32 Å². The van der Waals surface area contributed by atoms with Crippen LogP contribution in [0.5, 0.6) is 0 Å². The van der Waals surface area contributed by atoms with E-state index in [0.29, 0.717) is 22.8 Å². The van der Waals surface area contributed by atoms with Gasteiger partial charge >= 0.3 is 0 Å². The highest BCUT2D eigenvalue weighted by atomic mass is 35.5. The maximum Gasteiger partial charge on any atom is 0.251 e. The molecule has 0 aliphatic rings. The molecule has 0 spiro atoms. The average molecular weight is 496 g/mol. The number of halogens is 1. The molecule has 1 atom stereocenters. The van der Waals surface area contributed by atoms with E-state index in [1.165, 1.54) is 6.20 Å². The Morgan fingerprint density at radius 3 is 2.44 bits per heavy atom. The molecule has 1 heterocycles. The second-order valence-corrected chi connectivity index (χ2v) is 9.80. The van der Waals surface area contributed by atoms with Gasteiger partial charge in [0, 0.05) is 17.1 Å². The van der Waals surface area contributed by atoms with E-state index in [2.05, 4.69) is 25.4 Å². The van der Waals surface area contributed by atoms with Crippen molar-refractivity contribution in [2.24, 2.45) is 0 Å². The third kappa shape index (κ3) is 5.69. The maximum absolute atomic E-state index is 12.7. The Bertz CT molecular complexity index is 1370. The topological polar surface area (TPSA) is 117 Å². The van der Waals surface area contributed by atoms with Gasteiger partial charge in [0.15, 0.2) is 0 Å². The van der Waals surface area contributed by atoms with E-state index < -0.39 is 16.1 Å². The van der Waals surface area contributed by atoms with Gasteiger partial charge in [-0.2, -0.15) is 15.4 Å². The number of aromatic amines is 1. The van der Waals surface area contributed by atoms with Gasteiger partial charge in [-0.25, -0.2) is 13.1 Å². The third-order valence-electron chi connectivity index (χ3n) is 5.19. The lowest BCUT2D eigenvalue weighted by Crippen LogP contribution is -2.27. The third-order valence-corrected chi connectivity index (χ3v) is 7.00. The van der Waals surface area contributed by atoms with Crippen LogP contribution in [0, 0.1) is 0 Å². The summed E-state index contributed by atoms with van der Waals surface area (Å²) in [4.78, 5) is 12.5. The summed E-state index contributed by atoms with van der Waals surface area (Å²) in [5, 5.41) is 13.5. The minimum absolute atomic E-state index is 0.151. The monoisotopic (exact) mass is 495 g/mol. The molecule has 0 radical (unpaired) electrons. The van der Waals surface area contributed by atoms with E-state index >= 15 is 0 Å². The smallest absolute Gasteiger partial charge is 0.251 e. The lowest BCUT2D eigenvalue weighted by atomic mass is 10.0. The maximum atomic E-state index is 12.7. The fourth-order valence-corrected chi connectivity index (χ4v) is 4.70. The molecule has 1 aromatic heterocycles. The predicted molar refractivity (Wildman–Crippen MR) is 130 cm³/mol. The van der Waals surface area contributed by atoms with Crippen molar-refractivity contribution in [3.05, 3.63) is 101 Å².